The molecule has 1 atom stereocenters. The van der Waals surface area contributed by atoms with Crippen LogP contribution >= 0.6 is 0 Å². The van der Waals surface area contributed by atoms with Gasteiger partial charge in [0.1, 0.15) is 11.4 Å². The third-order valence-electron chi connectivity index (χ3n) is 5.43. The van der Waals surface area contributed by atoms with Gasteiger partial charge in [-0.3, -0.25) is 4.79 Å². The van der Waals surface area contributed by atoms with Gasteiger partial charge in [0.15, 0.2) is 5.65 Å². The quantitative estimate of drug-likeness (QED) is 0.725. The lowest BCUT2D eigenvalue weighted by Gasteiger charge is -2.34. The van der Waals surface area contributed by atoms with Crippen molar-refractivity contribution in [2.24, 2.45) is 5.92 Å². The fourth-order valence-electron chi connectivity index (χ4n) is 3.38. The molecule has 1 amide bonds. The number of nitrogens with one attached hydrogen (secondary N) is 1. The topological polar surface area (TPSA) is 102 Å². The van der Waals surface area contributed by atoms with Crippen molar-refractivity contribution < 1.29 is 27.5 Å². The number of carbonyl (C=O) groups excluding carboxylic acids is 2. The SMILES string of the molecule is CCC(C)(NC(=O)C1CCN(c2ccc3nnc(C(F)(F)F)n3n2)CC1)C(=O)OC. The number of carbonyl (C=O) groups is 2. The van der Waals surface area contributed by atoms with E-state index >= 15 is 0 Å². The predicted octanol–water partition coefficient (Wildman–Crippen LogP) is 1.82. The number of nitrogens with zero attached hydrogens (tertiary/aromatic N) is 5. The molecule has 3 heterocycles. The molecule has 1 unspecified atom stereocenters. The predicted molar refractivity (Wildman–Crippen MR) is 99.6 cm³/mol. The van der Waals surface area contributed by atoms with E-state index < -0.39 is 23.5 Å². The van der Waals surface area contributed by atoms with Crippen molar-refractivity contribution in [2.45, 2.75) is 44.8 Å². The highest BCUT2D eigenvalue weighted by Crippen LogP contribution is 2.29. The minimum atomic E-state index is -4.66. The third-order valence-corrected chi connectivity index (χ3v) is 5.43. The van der Waals surface area contributed by atoms with Crippen LogP contribution in [0.1, 0.15) is 38.9 Å². The van der Waals surface area contributed by atoms with Crippen molar-refractivity contribution in [1.29, 1.82) is 0 Å². The first-order valence-electron chi connectivity index (χ1n) is 9.54. The van der Waals surface area contributed by atoms with Crippen LogP contribution in [0.5, 0.6) is 0 Å². The summed E-state index contributed by atoms with van der Waals surface area (Å²) in [6.45, 7) is 4.26. The van der Waals surface area contributed by atoms with Crippen LogP contribution in [0.4, 0.5) is 19.0 Å². The molecule has 0 aliphatic carbocycles. The van der Waals surface area contributed by atoms with E-state index in [4.69, 9.17) is 4.74 Å². The van der Waals surface area contributed by atoms with E-state index in [1.54, 1.807) is 19.9 Å². The van der Waals surface area contributed by atoms with Crippen LogP contribution in [0.15, 0.2) is 12.1 Å². The lowest BCUT2D eigenvalue weighted by atomic mass is 9.92. The molecule has 0 saturated carbocycles. The average Bonchev–Trinajstić information content (AvgIpc) is 3.16. The van der Waals surface area contributed by atoms with Gasteiger partial charge in [0.05, 0.1) is 7.11 Å². The summed E-state index contributed by atoms with van der Waals surface area (Å²) in [5, 5.41) is 13.5. The van der Waals surface area contributed by atoms with Gasteiger partial charge in [-0.25, -0.2) is 4.79 Å². The molecule has 0 bridgehead atoms. The maximum Gasteiger partial charge on any atom is 0.453 e. The zero-order valence-electron chi connectivity index (χ0n) is 16.9. The maximum absolute atomic E-state index is 13.1. The van der Waals surface area contributed by atoms with E-state index in [0.29, 0.717) is 42.7 Å². The molecule has 1 saturated heterocycles. The summed E-state index contributed by atoms with van der Waals surface area (Å²) in [6.07, 6.45) is -3.34. The third kappa shape index (κ3) is 4.17. The molecule has 12 heteroatoms. The number of amides is 1. The number of hydrogen-bond acceptors (Lipinski definition) is 7. The molecule has 30 heavy (non-hydrogen) atoms. The average molecular weight is 428 g/mol. The van der Waals surface area contributed by atoms with Gasteiger partial charge in [0.25, 0.3) is 5.82 Å². The van der Waals surface area contributed by atoms with E-state index in [1.165, 1.54) is 13.2 Å². The van der Waals surface area contributed by atoms with Crippen LogP contribution in [0, 0.1) is 5.92 Å². The minimum Gasteiger partial charge on any atom is -0.467 e. The van der Waals surface area contributed by atoms with E-state index in [-0.39, 0.29) is 17.5 Å². The molecule has 1 fully saturated rings. The van der Waals surface area contributed by atoms with Gasteiger partial charge in [-0.05, 0) is 38.3 Å². The molecular formula is C18H23F3N6O3. The Balaban J connectivity index is 1.68. The fraction of sp³-hybridized carbons (Fsp3) is 0.611. The Morgan fingerprint density at radius 1 is 1.23 bits per heavy atom. The second kappa shape index (κ2) is 8.07. The van der Waals surface area contributed by atoms with Crippen molar-refractivity contribution >= 4 is 23.3 Å². The summed E-state index contributed by atoms with van der Waals surface area (Å²) in [7, 11) is 1.27. The summed E-state index contributed by atoms with van der Waals surface area (Å²) in [5.74, 6) is -1.91. The van der Waals surface area contributed by atoms with E-state index in [9.17, 15) is 22.8 Å². The zero-order chi connectivity index (χ0) is 22.1. The van der Waals surface area contributed by atoms with Gasteiger partial charge < -0.3 is 15.0 Å². The summed E-state index contributed by atoms with van der Waals surface area (Å²) < 4.78 is 44.6. The van der Waals surface area contributed by atoms with Gasteiger partial charge in [-0.1, -0.05) is 6.92 Å². The highest BCUT2D eigenvalue weighted by atomic mass is 19.4. The Bertz CT molecular complexity index is 939. The Kier molecular flexibility index (Phi) is 5.86. The zero-order valence-corrected chi connectivity index (χ0v) is 16.9. The summed E-state index contributed by atoms with van der Waals surface area (Å²) in [4.78, 5) is 26.4. The van der Waals surface area contributed by atoms with Crippen molar-refractivity contribution in [3.8, 4) is 0 Å². The molecule has 1 aliphatic rings. The molecule has 2 aromatic heterocycles. The number of rotatable bonds is 5. The number of esters is 1. The number of ether oxygens (including phenoxy) is 1. The molecular weight excluding hydrogens is 405 g/mol. The number of piperidine rings is 1. The maximum atomic E-state index is 13.1. The van der Waals surface area contributed by atoms with Gasteiger partial charge in [0.2, 0.25) is 5.91 Å². The lowest BCUT2D eigenvalue weighted by Crippen LogP contribution is -2.55. The molecule has 9 nitrogen and oxygen atoms in total. The van der Waals surface area contributed by atoms with Crippen molar-refractivity contribution in [3.63, 3.8) is 0 Å². The Morgan fingerprint density at radius 2 is 1.90 bits per heavy atom. The van der Waals surface area contributed by atoms with Crippen molar-refractivity contribution in [2.75, 3.05) is 25.1 Å². The number of aromatic nitrogens is 4. The Labute approximate surface area is 170 Å². The van der Waals surface area contributed by atoms with Gasteiger partial charge >= 0.3 is 12.1 Å². The summed E-state index contributed by atoms with van der Waals surface area (Å²) in [5.41, 5.74) is -1.10. The van der Waals surface area contributed by atoms with Crippen LogP contribution in [0.2, 0.25) is 0 Å². The van der Waals surface area contributed by atoms with Crippen LogP contribution < -0.4 is 10.2 Å². The van der Waals surface area contributed by atoms with E-state index in [1.807, 2.05) is 4.90 Å². The summed E-state index contributed by atoms with van der Waals surface area (Å²) in [6, 6.07) is 3.00. The molecule has 164 valence electrons. The van der Waals surface area contributed by atoms with Crippen LogP contribution in [0.3, 0.4) is 0 Å². The number of halogens is 3. The highest BCUT2D eigenvalue weighted by molar-refractivity contribution is 5.88. The molecule has 0 spiro atoms. The lowest BCUT2D eigenvalue weighted by molar-refractivity contribution is -0.151. The Hall–Kier alpha value is -2.92. The number of anilines is 1. The number of alkyl halides is 3. The van der Waals surface area contributed by atoms with Crippen LogP contribution in [-0.2, 0) is 20.5 Å². The molecule has 1 aliphatic heterocycles. The molecule has 0 aromatic carbocycles. The highest BCUT2D eigenvalue weighted by Gasteiger charge is 2.39. The van der Waals surface area contributed by atoms with Crippen LogP contribution in [-0.4, -0.2) is 57.4 Å². The van der Waals surface area contributed by atoms with E-state index in [0.717, 1.165) is 0 Å². The van der Waals surface area contributed by atoms with Gasteiger partial charge in [-0.2, -0.15) is 17.7 Å². The molecule has 0 radical (unpaired) electrons. The fourth-order valence-corrected chi connectivity index (χ4v) is 3.38. The van der Waals surface area contributed by atoms with Gasteiger partial charge in [0, 0.05) is 19.0 Å². The normalized spacial score (nSPS) is 17.6. The first kappa shape index (κ1) is 21.8. The number of methoxy groups -OCH3 is 1. The van der Waals surface area contributed by atoms with E-state index in [2.05, 4.69) is 20.6 Å². The second-order valence-electron chi connectivity index (χ2n) is 7.41. The number of hydrogen-bond donors (Lipinski definition) is 1. The number of fused-ring (bicyclic) bond motifs is 1. The molecule has 2 aromatic rings. The first-order valence-corrected chi connectivity index (χ1v) is 9.54. The first-order chi connectivity index (χ1) is 14.1. The Morgan fingerprint density at radius 3 is 2.47 bits per heavy atom. The van der Waals surface area contributed by atoms with Crippen LogP contribution in [0.25, 0.3) is 5.65 Å². The smallest absolute Gasteiger partial charge is 0.453 e. The van der Waals surface area contributed by atoms with Gasteiger partial charge in [-0.15, -0.1) is 15.3 Å². The second-order valence-corrected chi connectivity index (χ2v) is 7.41. The minimum absolute atomic E-state index is 0.00185. The largest absolute Gasteiger partial charge is 0.467 e. The van der Waals surface area contributed by atoms with Crippen molar-refractivity contribution in [1.82, 2.24) is 25.1 Å². The van der Waals surface area contributed by atoms with Crippen molar-refractivity contribution in [3.05, 3.63) is 18.0 Å². The molecule has 1 N–H and O–H groups in total. The standard InChI is InChI=1S/C18H23F3N6O3/c1-4-17(2,16(29)30-3)22-14(28)11-7-9-26(10-8-11)13-6-5-12-23-24-15(18(19,20)21)27(12)25-13/h5-6,11H,4,7-10H2,1-3H3,(H,22,28). The molecule has 3 rings (SSSR count). The summed E-state index contributed by atoms with van der Waals surface area (Å²) >= 11 is 0. The monoisotopic (exact) mass is 428 g/mol.